The summed E-state index contributed by atoms with van der Waals surface area (Å²) < 4.78 is 0. The summed E-state index contributed by atoms with van der Waals surface area (Å²) in [6.07, 6.45) is 1.31. The number of rotatable bonds is 3. The minimum atomic E-state index is -0.501. The fourth-order valence-corrected chi connectivity index (χ4v) is 1.66. The number of nitrogens with zero attached hydrogens (tertiary/aromatic N) is 3. The fraction of sp³-hybridized carbons (Fsp3) is 0.200. The van der Waals surface area contributed by atoms with Gasteiger partial charge >= 0.3 is 0 Å². The summed E-state index contributed by atoms with van der Waals surface area (Å²) in [5.41, 5.74) is 2.82. The van der Waals surface area contributed by atoms with E-state index in [1.807, 2.05) is 0 Å². The lowest BCUT2D eigenvalue weighted by molar-refractivity contribution is -0.385. The van der Waals surface area contributed by atoms with Crippen LogP contribution in [0.25, 0.3) is 0 Å². The first kappa shape index (κ1) is 12.3. The van der Waals surface area contributed by atoms with Gasteiger partial charge in [-0.05, 0) is 6.07 Å². The molecular weight excluding hydrogens is 258 g/mol. The summed E-state index contributed by atoms with van der Waals surface area (Å²) in [4.78, 5) is 14.4. The predicted octanol–water partition coefficient (Wildman–Crippen LogP) is 1.13. The number of benzene rings is 1. The van der Waals surface area contributed by atoms with E-state index in [0.717, 1.165) is 6.54 Å². The first-order valence-electron chi connectivity index (χ1n) is 5.19. The molecule has 1 aliphatic rings. The van der Waals surface area contributed by atoms with E-state index in [9.17, 15) is 10.1 Å². The zero-order valence-electron chi connectivity index (χ0n) is 9.26. The van der Waals surface area contributed by atoms with Crippen LogP contribution in [0.3, 0.4) is 0 Å². The summed E-state index contributed by atoms with van der Waals surface area (Å²) in [5.74, 6) is 0.543. The van der Waals surface area contributed by atoms with E-state index < -0.39 is 4.92 Å². The molecule has 2 N–H and O–H groups in total. The van der Waals surface area contributed by atoms with Crippen LogP contribution in [-0.4, -0.2) is 30.2 Å². The number of nitrogens with one attached hydrogen (secondary N) is 2. The minimum Gasteiger partial charge on any atom is -0.353 e. The van der Waals surface area contributed by atoms with Crippen molar-refractivity contribution >= 4 is 29.5 Å². The molecule has 0 radical (unpaired) electrons. The van der Waals surface area contributed by atoms with Crippen LogP contribution in [0.15, 0.2) is 28.3 Å². The van der Waals surface area contributed by atoms with E-state index in [4.69, 9.17) is 11.6 Å². The molecule has 1 heterocycles. The number of hydrazone groups is 1. The zero-order chi connectivity index (χ0) is 13.0. The minimum absolute atomic E-state index is 0.0885. The maximum Gasteiger partial charge on any atom is 0.279 e. The fourth-order valence-electron chi connectivity index (χ4n) is 1.44. The summed E-state index contributed by atoms with van der Waals surface area (Å²) >= 11 is 5.90. The van der Waals surface area contributed by atoms with Crippen molar-refractivity contribution in [2.24, 2.45) is 10.1 Å². The van der Waals surface area contributed by atoms with Gasteiger partial charge in [-0.25, -0.2) is 10.4 Å². The van der Waals surface area contributed by atoms with E-state index in [1.165, 1.54) is 18.3 Å². The third-order valence-electron chi connectivity index (χ3n) is 2.26. The van der Waals surface area contributed by atoms with Crippen LogP contribution in [0.2, 0.25) is 5.02 Å². The maximum atomic E-state index is 10.8. The molecule has 18 heavy (non-hydrogen) atoms. The van der Waals surface area contributed by atoms with Crippen molar-refractivity contribution in [2.45, 2.75) is 0 Å². The molecule has 2 rings (SSSR count). The third-order valence-corrected chi connectivity index (χ3v) is 2.59. The monoisotopic (exact) mass is 267 g/mol. The van der Waals surface area contributed by atoms with Crippen LogP contribution >= 0.6 is 11.6 Å². The second-order valence-electron chi connectivity index (χ2n) is 3.46. The smallest absolute Gasteiger partial charge is 0.279 e. The highest BCUT2D eigenvalue weighted by Crippen LogP contribution is 2.24. The van der Waals surface area contributed by atoms with Gasteiger partial charge in [0.1, 0.15) is 0 Å². The van der Waals surface area contributed by atoms with E-state index in [-0.39, 0.29) is 16.3 Å². The molecule has 7 nitrogen and oxygen atoms in total. The van der Waals surface area contributed by atoms with Gasteiger partial charge < -0.3 is 5.32 Å². The van der Waals surface area contributed by atoms with Crippen LogP contribution in [0, 0.1) is 10.1 Å². The predicted molar refractivity (Wildman–Crippen MR) is 69.1 cm³/mol. The highest BCUT2D eigenvalue weighted by atomic mass is 35.5. The van der Waals surface area contributed by atoms with Gasteiger partial charge in [-0.1, -0.05) is 17.7 Å². The standard InChI is InChI=1S/C10H10ClN5O2/c11-8-2-1-3-9(16(17)18)7(8)6-14-15-10-12-4-5-13-10/h1-3,6H,4-5H2,(H2,12,13,15)/b14-6+. The lowest BCUT2D eigenvalue weighted by Crippen LogP contribution is -2.30. The molecular formula is C10H10ClN5O2. The Hall–Kier alpha value is -2.15. The molecule has 0 saturated carbocycles. The van der Waals surface area contributed by atoms with Crippen molar-refractivity contribution in [1.82, 2.24) is 10.7 Å². The van der Waals surface area contributed by atoms with Crippen molar-refractivity contribution < 1.29 is 4.92 Å². The molecule has 0 spiro atoms. The molecule has 1 aromatic rings. The highest BCUT2D eigenvalue weighted by molar-refractivity contribution is 6.33. The SMILES string of the molecule is O=[N+]([O-])c1cccc(Cl)c1/C=N/NC1=NCCN1. The second-order valence-corrected chi connectivity index (χ2v) is 3.86. The average Bonchev–Trinajstić information content (AvgIpc) is 2.84. The van der Waals surface area contributed by atoms with Gasteiger partial charge in [-0.15, -0.1) is 0 Å². The molecule has 0 atom stereocenters. The van der Waals surface area contributed by atoms with Crippen LogP contribution < -0.4 is 10.7 Å². The number of halogens is 1. The quantitative estimate of drug-likeness (QED) is 0.488. The Labute approximate surface area is 108 Å². The number of nitro groups is 1. The first-order chi connectivity index (χ1) is 8.68. The van der Waals surface area contributed by atoms with Gasteiger partial charge in [-0.3, -0.25) is 10.1 Å². The normalized spacial score (nSPS) is 14.4. The van der Waals surface area contributed by atoms with Crippen LogP contribution in [0.1, 0.15) is 5.56 Å². The number of guanidine groups is 1. The van der Waals surface area contributed by atoms with E-state index in [2.05, 4.69) is 20.8 Å². The molecule has 0 bridgehead atoms. The van der Waals surface area contributed by atoms with Crippen molar-refractivity contribution in [2.75, 3.05) is 13.1 Å². The van der Waals surface area contributed by atoms with Crippen molar-refractivity contribution in [1.29, 1.82) is 0 Å². The Balaban J connectivity index is 2.17. The Bertz CT molecular complexity index is 529. The average molecular weight is 268 g/mol. The maximum absolute atomic E-state index is 10.8. The molecule has 8 heteroatoms. The van der Waals surface area contributed by atoms with Crippen LogP contribution in [-0.2, 0) is 0 Å². The van der Waals surface area contributed by atoms with Crippen LogP contribution in [0.4, 0.5) is 5.69 Å². The van der Waals surface area contributed by atoms with Crippen LogP contribution in [0.5, 0.6) is 0 Å². The van der Waals surface area contributed by atoms with Crippen molar-refractivity contribution in [3.63, 3.8) is 0 Å². The summed E-state index contributed by atoms with van der Waals surface area (Å²) in [5, 5.41) is 17.9. The first-order valence-corrected chi connectivity index (χ1v) is 5.56. The number of hydrogen-bond donors (Lipinski definition) is 2. The molecule has 0 aliphatic carbocycles. The van der Waals surface area contributed by atoms with Gasteiger partial charge in [-0.2, -0.15) is 5.10 Å². The molecule has 1 aliphatic heterocycles. The molecule has 0 unspecified atom stereocenters. The zero-order valence-corrected chi connectivity index (χ0v) is 10.0. The largest absolute Gasteiger partial charge is 0.353 e. The van der Waals surface area contributed by atoms with Gasteiger partial charge in [0.05, 0.1) is 28.3 Å². The Morgan fingerprint density at radius 1 is 1.61 bits per heavy atom. The van der Waals surface area contributed by atoms with Gasteiger partial charge in [0, 0.05) is 12.6 Å². The van der Waals surface area contributed by atoms with E-state index in [0.29, 0.717) is 12.5 Å². The molecule has 0 saturated heterocycles. The number of aliphatic imine (C=N–C) groups is 1. The highest BCUT2D eigenvalue weighted by Gasteiger charge is 2.14. The third kappa shape index (κ3) is 2.75. The topological polar surface area (TPSA) is 91.9 Å². The molecule has 0 amide bonds. The van der Waals surface area contributed by atoms with E-state index in [1.54, 1.807) is 6.07 Å². The lowest BCUT2D eigenvalue weighted by Gasteiger charge is -2.01. The van der Waals surface area contributed by atoms with Gasteiger partial charge in [0.25, 0.3) is 5.69 Å². The second kappa shape index (κ2) is 5.46. The summed E-state index contributed by atoms with van der Waals surface area (Å²) in [6.45, 7) is 1.44. The number of hydrogen-bond acceptors (Lipinski definition) is 6. The Kier molecular flexibility index (Phi) is 3.73. The van der Waals surface area contributed by atoms with Gasteiger partial charge in [0.2, 0.25) is 5.96 Å². The van der Waals surface area contributed by atoms with Crippen molar-refractivity contribution in [3.05, 3.63) is 38.9 Å². The number of nitro benzene ring substituents is 1. The molecule has 1 aromatic carbocycles. The lowest BCUT2D eigenvalue weighted by atomic mass is 10.2. The Morgan fingerprint density at radius 3 is 3.11 bits per heavy atom. The van der Waals surface area contributed by atoms with Crippen molar-refractivity contribution in [3.8, 4) is 0 Å². The van der Waals surface area contributed by atoms with Gasteiger partial charge in [0.15, 0.2) is 0 Å². The Morgan fingerprint density at radius 2 is 2.44 bits per heavy atom. The summed E-state index contributed by atoms with van der Waals surface area (Å²) in [6, 6.07) is 4.47. The molecule has 0 aromatic heterocycles. The summed E-state index contributed by atoms with van der Waals surface area (Å²) in [7, 11) is 0. The molecule has 0 fully saturated rings. The van der Waals surface area contributed by atoms with E-state index >= 15 is 0 Å². The molecule has 94 valence electrons.